The van der Waals surface area contributed by atoms with Gasteiger partial charge in [0.25, 0.3) is 0 Å². The molecule has 0 saturated heterocycles. The van der Waals surface area contributed by atoms with Gasteiger partial charge in [0.05, 0.1) is 6.61 Å². The van der Waals surface area contributed by atoms with Gasteiger partial charge in [0.15, 0.2) is 5.78 Å². The van der Waals surface area contributed by atoms with Gasteiger partial charge in [-0.3, -0.25) is 9.59 Å². The van der Waals surface area contributed by atoms with Crippen molar-refractivity contribution in [2.24, 2.45) is 0 Å². The number of carbonyl (C=O) groups excluding carboxylic acids is 2. The van der Waals surface area contributed by atoms with E-state index in [-0.39, 0.29) is 11.8 Å². The van der Waals surface area contributed by atoms with Crippen LogP contribution in [0.3, 0.4) is 0 Å². The smallest absolute Gasteiger partial charge is 0.302 e. The number of esters is 1. The lowest BCUT2D eigenvalue weighted by Gasteiger charge is -1.95. The Labute approximate surface area is 66.0 Å². The number of hydrogen-bond acceptors (Lipinski definition) is 3. The Morgan fingerprint density at radius 2 is 2.00 bits per heavy atom. The summed E-state index contributed by atoms with van der Waals surface area (Å²) in [4.78, 5) is 20.6. The van der Waals surface area contributed by atoms with Crippen molar-refractivity contribution in [2.75, 3.05) is 6.61 Å². The summed E-state index contributed by atoms with van der Waals surface area (Å²) in [5.74, 6) is -0.283. The van der Waals surface area contributed by atoms with Gasteiger partial charge in [0.2, 0.25) is 0 Å². The highest BCUT2D eigenvalue weighted by Gasteiger charge is 1.88. The van der Waals surface area contributed by atoms with Gasteiger partial charge in [-0.1, -0.05) is 6.08 Å². The van der Waals surface area contributed by atoms with Crippen LogP contribution in [0.1, 0.15) is 20.3 Å². The highest BCUT2D eigenvalue weighted by atomic mass is 16.5. The average Bonchev–Trinajstić information content (AvgIpc) is 1.85. The lowest BCUT2D eigenvalue weighted by Crippen LogP contribution is -1.99. The molecular weight excluding hydrogens is 144 g/mol. The third kappa shape index (κ3) is 8.88. The Balaban J connectivity index is 3.27. The summed E-state index contributed by atoms with van der Waals surface area (Å²) in [6, 6.07) is 0. The summed E-state index contributed by atoms with van der Waals surface area (Å²) in [5.41, 5.74) is 0. The Morgan fingerprint density at radius 1 is 1.36 bits per heavy atom. The molecule has 0 atom stereocenters. The fourth-order valence-corrected chi connectivity index (χ4v) is 0.520. The quantitative estimate of drug-likeness (QED) is 0.347. The lowest BCUT2D eigenvalue weighted by atomic mass is 10.3. The van der Waals surface area contributed by atoms with E-state index in [1.807, 2.05) is 0 Å². The van der Waals surface area contributed by atoms with Crippen LogP contribution in [0.15, 0.2) is 12.2 Å². The van der Waals surface area contributed by atoms with Crippen LogP contribution in [0.4, 0.5) is 0 Å². The highest BCUT2D eigenvalue weighted by Crippen LogP contribution is 1.86. The van der Waals surface area contributed by atoms with Crippen molar-refractivity contribution < 1.29 is 14.3 Å². The van der Waals surface area contributed by atoms with Gasteiger partial charge in [-0.15, -0.1) is 0 Å². The topological polar surface area (TPSA) is 43.4 Å². The maximum atomic E-state index is 10.3. The van der Waals surface area contributed by atoms with Crippen molar-refractivity contribution in [3.05, 3.63) is 12.2 Å². The van der Waals surface area contributed by atoms with E-state index in [4.69, 9.17) is 0 Å². The SMILES string of the molecule is CC(=O)/C=C/CCOC(C)=O. The second-order valence-corrected chi connectivity index (χ2v) is 2.14. The van der Waals surface area contributed by atoms with E-state index in [9.17, 15) is 9.59 Å². The average molecular weight is 156 g/mol. The van der Waals surface area contributed by atoms with Crippen LogP contribution in [-0.2, 0) is 14.3 Å². The molecule has 0 spiro atoms. The largest absolute Gasteiger partial charge is 0.466 e. The number of ether oxygens (including phenoxy) is 1. The molecular formula is C8H12O3. The first-order valence-electron chi connectivity index (χ1n) is 3.43. The molecule has 0 aromatic carbocycles. The molecule has 62 valence electrons. The fraction of sp³-hybridized carbons (Fsp3) is 0.500. The standard InChI is InChI=1S/C8H12O3/c1-7(9)5-3-4-6-11-8(2)10/h3,5H,4,6H2,1-2H3/b5-3+. The van der Waals surface area contributed by atoms with Gasteiger partial charge in [0.1, 0.15) is 0 Å². The molecule has 0 fully saturated rings. The zero-order valence-electron chi connectivity index (χ0n) is 6.79. The second kappa shape index (κ2) is 5.65. The number of allylic oxidation sites excluding steroid dienone is 1. The van der Waals surface area contributed by atoms with Crippen LogP contribution in [0, 0.1) is 0 Å². The second-order valence-electron chi connectivity index (χ2n) is 2.14. The Hall–Kier alpha value is -1.12. The van der Waals surface area contributed by atoms with E-state index in [0.29, 0.717) is 13.0 Å². The fourth-order valence-electron chi connectivity index (χ4n) is 0.520. The number of carbonyl (C=O) groups is 2. The molecule has 0 bridgehead atoms. The minimum absolute atomic E-state index is 0.00725. The predicted octanol–water partition coefficient (Wildman–Crippen LogP) is 1.08. The van der Waals surface area contributed by atoms with Gasteiger partial charge < -0.3 is 4.74 Å². The number of hydrogen-bond donors (Lipinski definition) is 0. The van der Waals surface area contributed by atoms with Gasteiger partial charge in [-0.2, -0.15) is 0 Å². The lowest BCUT2D eigenvalue weighted by molar-refractivity contribution is -0.140. The molecule has 11 heavy (non-hydrogen) atoms. The zero-order chi connectivity index (χ0) is 8.69. The third-order valence-electron chi connectivity index (χ3n) is 0.942. The first-order valence-corrected chi connectivity index (χ1v) is 3.43. The zero-order valence-corrected chi connectivity index (χ0v) is 6.79. The molecule has 0 aliphatic heterocycles. The van der Waals surface area contributed by atoms with E-state index >= 15 is 0 Å². The summed E-state index contributed by atoms with van der Waals surface area (Å²) >= 11 is 0. The Kier molecular flexibility index (Phi) is 5.07. The molecule has 0 radical (unpaired) electrons. The van der Waals surface area contributed by atoms with Crippen LogP contribution >= 0.6 is 0 Å². The molecule has 0 heterocycles. The Bertz CT molecular complexity index is 170. The van der Waals surface area contributed by atoms with Crippen molar-refractivity contribution >= 4 is 11.8 Å². The summed E-state index contributed by atoms with van der Waals surface area (Å²) in [7, 11) is 0. The van der Waals surface area contributed by atoms with E-state index in [1.54, 1.807) is 6.08 Å². The first-order chi connectivity index (χ1) is 5.13. The summed E-state index contributed by atoms with van der Waals surface area (Å²) in [5, 5.41) is 0. The molecule has 3 heteroatoms. The molecule has 0 amide bonds. The molecule has 3 nitrogen and oxygen atoms in total. The minimum atomic E-state index is -0.291. The minimum Gasteiger partial charge on any atom is -0.466 e. The molecule has 0 aromatic rings. The van der Waals surface area contributed by atoms with Crippen molar-refractivity contribution in [1.82, 2.24) is 0 Å². The van der Waals surface area contributed by atoms with E-state index in [2.05, 4.69) is 4.74 Å². The number of ketones is 1. The molecule has 0 saturated carbocycles. The van der Waals surface area contributed by atoms with Crippen LogP contribution in [0.2, 0.25) is 0 Å². The number of rotatable bonds is 4. The first kappa shape index (κ1) is 9.88. The third-order valence-corrected chi connectivity index (χ3v) is 0.942. The molecule has 0 aromatic heterocycles. The van der Waals surface area contributed by atoms with Crippen molar-refractivity contribution in [3.8, 4) is 0 Å². The molecule has 0 rings (SSSR count). The molecule has 0 aliphatic carbocycles. The van der Waals surface area contributed by atoms with Crippen LogP contribution in [0.5, 0.6) is 0 Å². The summed E-state index contributed by atoms with van der Waals surface area (Å²) in [6.07, 6.45) is 3.74. The van der Waals surface area contributed by atoms with Crippen LogP contribution in [-0.4, -0.2) is 18.4 Å². The van der Waals surface area contributed by atoms with Gasteiger partial charge >= 0.3 is 5.97 Å². The van der Waals surface area contributed by atoms with E-state index < -0.39 is 0 Å². The van der Waals surface area contributed by atoms with Crippen LogP contribution in [0.25, 0.3) is 0 Å². The van der Waals surface area contributed by atoms with Crippen molar-refractivity contribution in [3.63, 3.8) is 0 Å². The predicted molar refractivity (Wildman–Crippen MR) is 41.1 cm³/mol. The van der Waals surface area contributed by atoms with Crippen molar-refractivity contribution in [1.29, 1.82) is 0 Å². The maximum Gasteiger partial charge on any atom is 0.302 e. The van der Waals surface area contributed by atoms with E-state index in [0.717, 1.165) is 0 Å². The molecule has 0 N–H and O–H groups in total. The van der Waals surface area contributed by atoms with Gasteiger partial charge in [-0.25, -0.2) is 0 Å². The molecule has 0 unspecified atom stereocenters. The monoisotopic (exact) mass is 156 g/mol. The van der Waals surface area contributed by atoms with Gasteiger partial charge in [-0.05, 0) is 19.4 Å². The van der Waals surface area contributed by atoms with E-state index in [1.165, 1.54) is 19.9 Å². The Morgan fingerprint density at radius 3 is 2.45 bits per heavy atom. The molecule has 0 aliphatic rings. The van der Waals surface area contributed by atoms with Crippen molar-refractivity contribution in [2.45, 2.75) is 20.3 Å². The van der Waals surface area contributed by atoms with Gasteiger partial charge in [0, 0.05) is 6.92 Å². The summed E-state index contributed by atoms with van der Waals surface area (Å²) < 4.78 is 4.62. The maximum absolute atomic E-state index is 10.3. The highest BCUT2D eigenvalue weighted by molar-refractivity contribution is 5.87. The summed E-state index contributed by atoms with van der Waals surface area (Å²) in [6.45, 7) is 3.18. The van der Waals surface area contributed by atoms with Crippen LogP contribution < -0.4 is 0 Å². The normalized spacial score (nSPS) is 10.0.